The molecule has 15 nitrogen and oxygen atoms in total. The first-order chi connectivity index (χ1) is 29.7. The van der Waals surface area contributed by atoms with Gasteiger partial charge >= 0.3 is 12.2 Å². The number of ether oxygens (including phenoxy) is 2. The first kappa shape index (κ1) is 44.9. The lowest BCUT2D eigenvalue weighted by atomic mass is 10.0. The summed E-state index contributed by atoms with van der Waals surface area (Å²) in [4.78, 5) is 81.2. The monoisotopic (exact) mass is 847 g/mol. The highest BCUT2D eigenvalue weighted by Gasteiger charge is 2.40. The van der Waals surface area contributed by atoms with E-state index in [1.165, 1.54) is 14.2 Å². The van der Waals surface area contributed by atoms with E-state index in [1.807, 2.05) is 95.3 Å². The number of aromatic nitrogens is 1. The summed E-state index contributed by atoms with van der Waals surface area (Å²) in [5.74, 6) is -1.64. The Bertz CT molecular complexity index is 2120. The normalized spacial score (nSPS) is 17.0. The third kappa shape index (κ3) is 10.1. The Morgan fingerprint density at radius 2 is 0.952 bits per heavy atom. The largest absolute Gasteiger partial charge is 0.453 e. The highest BCUT2D eigenvalue weighted by Crippen LogP contribution is 2.34. The zero-order valence-corrected chi connectivity index (χ0v) is 36.4. The molecule has 6 rings (SSSR count). The molecule has 4 aromatic rings. The van der Waals surface area contributed by atoms with E-state index in [0.29, 0.717) is 50.1 Å². The third-order valence-corrected chi connectivity index (χ3v) is 11.5. The summed E-state index contributed by atoms with van der Waals surface area (Å²) in [5, 5.41) is 11.2. The van der Waals surface area contributed by atoms with Gasteiger partial charge in [-0.1, -0.05) is 69.7 Å². The van der Waals surface area contributed by atoms with E-state index in [0.717, 1.165) is 33.8 Å². The van der Waals surface area contributed by atoms with Gasteiger partial charge in [-0.25, -0.2) is 9.59 Å². The van der Waals surface area contributed by atoms with Crippen molar-refractivity contribution in [2.24, 2.45) is 11.8 Å². The minimum absolute atomic E-state index is 0.207. The second-order valence-electron chi connectivity index (χ2n) is 16.5. The number of alkyl carbamates (subject to hydrolysis) is 2. The second-order valence-corrected chi connectivity index (χ2v) is 16.5. The van der Waals surface area contributed by atoms with Gasteiger partial charge in [0.25, 0.3) is 0 Å². The lowest BCUT2D eigenvalue weighted by Crippen LogP contribution is -2.54. The van der Waals surface area contributed by atoms with Crippen molar-refractivity contribution in [1.82, 2.24) is 25.0 Å². The molecule has 0 bridgehead atoms. The number of likely N-dealkylation sites (tertiary alicyclic amines) is 2. The lowest BCUT2D eigenvalue weighted by Gasteiger charge is -2.30. The van der Waals surface area contributed by atoms with Crippen molar-refractivity contribution in [3.63, 3.8) is 0 Å². The summed E-state index contributed by atoms with van der Waals surface area (Å²) < 4.78 is 11.6. The Kier molecular flexibility index (Phi) is 14.4. The first-order valence-electron chi connectivity index (χ1n) is 21.1. The van der Waals surface area contributed by atoms with Gasteiger partial charge in [0, 0.05) is 30.2 Å². The molecular formula is C47H57N7O8. The van der Waals surface area contributed by atoms with Crippen LogP contribution in [0.2, 0.25) is 0 Å². The van der Waals surface area contributed by atoms with Gasteiger partial charge in [0.2, 0.25) is 23.6 Å². The summed E-state index contributed by atoms with van der Waals surface area (Å²) in [6.45, 7) is 10.2. The van der Waals surface area contributed by atoms with Gasteiger partial charge in [0.15, 0.2) is 0 Å². The zero-order chi connectivity index (χ0) is 44.7. The van der Waals surface area contributed by atoms with Crippen molar-refractivity contribution in [3.05, 3.63) is 90.5 Å². The SMILES string of the molecule is COC(=O)N[C@H](C(=O)N1CCC[C@H]1C(=O)Nc1ccc(-c2ccc(-c3ccc(NC(=O)[C@@H]4CCCN4C(=O)[C@@H](NC(=O)OC)C(C)C)cc3)n2-c2ccc(C)cc2)cc1)C(C)C. The van der Waals surface area contributed by atoms with Crippen molar-refractivity contribution in [2.45, 2.75) is 84.5 Å². The first-order valence-corrected chi connectivity index (χ1v) is 21.1. The van der Waals surface area contributed by atoms with E-state index in [1.54, 1.807) is 9.80 Å². The van der Waals surface area contributed by atoms with E-state index >= 15 is 0 Å². The highest BCUT2D eigenvalue weighted by atomic mass is 16.5. The fourth-order valence-electron chi connectivity index (χ4n) is 8.12. The Labute approximate surface area is 362 Å². The molecule has 0 spiro atoms. The summed E-state index contributed by atoms with van der Waals surface area (Å²) in [6, 6.07) is 24.4. The Morgan fingerprint density at radius 1 is 0.565 bits per heavy atom. The smallest absolute Gasteiger partial charge is 0.407 e. The molecule has 62 heavy (non-hydrogen) atoms. The number of nitrogens with one attached hydrogen (secondary N) is 4. The van der Waals surface area contributed by atoms with Gasteiger partial charge in [-0.3, -0.25) is 19.2 Å². The minimum Gasteiger partial charge on any atom is -0.453 e. The molecule has 2 fully saturated rings. The quantitative estimate of drug-likeness (QED) is 0.114. The number of amides is 6. The maximum Gasteiger partial charge on any atom is 0.407 e. The molecule has 15 heteroatoms. The number of carbonyl (C=O) groups is 6. The van der Waals surface area contributed by atoms with Gasteiger partial charge in [-0.05, 0) is 104 Å². The second kappa shape index (κ2) is 19.8. The van der Waals surface area contributed by atoms with Crippen LogP contribution < -0.4 is 21.3 Å². The van der Waals surface area contributed by atoms with E-state index in [9.17, 15) is 28.8 Å². The average Bonchev–Trinajstić information content (AvgIpc) is 4.06. The maximum atomic E-state index is 13.6. The van der Waals surface area contributed by atoms with Crippen molar-refractivity contribution in [2.75, 3.05) is 37.9 Å². The molecule has 3 heterocycles. The third-order valence-electron chi connectivity index (χ3n) is 11.5. The number of hydrogen-bond acceptors (Lipinski definition) is 8. The molecule has 0 radical (unpaired) electrons. The molecule has 328 valence electrons. The number of benzene rings is 3. The molecule has 4 atom stereocenters. The van der Waals surface area contributed by atoms with E-state index in [2.05, 4.69) is 50.1 Å². The van der Waals surface area contributed by atoms with Gasteiger partial charge in [0.1, 0.15) is 24.2 Å². The van der Waals surface area contributed by atoms with E-state index in [4.69, 9.17) is 9.47 Å². The molecule has 0 saturated carbocycles. The highest BCUT2D eigenvalue weighted by molar-refractivity contribution is 6.00. The van der Waals surface area contributed by atoms with Crippen LogP contribution in [0.3, 0.4) is 0 Å². The number of hydrogen-bond donors (Lipinski definition) is 4. The Morgan fingerprint density at radius 3 is 1.31 bits per heavy atom. The molecule has 0 aliphatic carbocycles. The van der Waals surface area contributed by atoms with Crippen LogP contribution in [0.25, 0.3) is 28.2 Å². The standard InChI is InChI=1S/C47H57N7O8/c1-28(2)40(50-46(59)61-6)44(57)52-26-8-10-38(52)42(55)48-33-18-14-31(15-19-33)36-24-25-37(54(36)35-22-12-30(5)13-23-35)32-16-20-34(21-17-32)49-43(56)39-11-9-27-53(39)45(58)41(29(3)4)51-47(60)62-7/h12-25,28-29,38-41H,8-11,26-27H2,1-7H3,(H,48,55)(H,49,56)(H,50,59)(H,51,60)/t38-,39-,40-,41-/m0/s1. The van der Waals surface area contributed by atoms with Crippen LogP contribution in [-0.2, 0) is 28.7 Å². The molecule has 2 saturated heterocycles. The minimum atomic E-state index is -0.821. The van der Waals surface area contributed by atoms with Crippen LogP contribution in [-0.4, -0.2) is 102 Å². The van der Waals surface area contributed by atoms with E-state index < -0.39 is 36.4 Å². The molecule has 2 aliphatic heterocycles. The van der Waals surface area contributed by atoms with Crippen molar-refractivity contribution in [1.29, 1.82) is 0 Å². The Hall–Kier alpha value is -6.64. The van der Waals surface area contributed by atoms with Crippen molar-refractivity contribution >= 4 is 47.2 Å². The number of anilines is 2. The van der Waals surface area contributed by atoms with Crippen LogP contribution in [0.4, 0.5) is 21.0 Å². The van der Waals surface area contributed by atoms with Gasteiger partial charge < -0.3 is 45.1 Å². The van der Waals surface area contributed by atoms with Gasteiger partial charge in [-0.15, -0.1) is 0 Å². The topological polar surface area (TPSA) is 180 Å². The molecule has 2 aliphatic rings. The van der Waals surface area contributed by atoms with Crippen molar-refractivity contribution in [3.8, 4) is 28.2 Å². The molecule has 1 aromatic heterocycles. The van der Waals surface area contributed by atoms with Crippen LogP contribution in [0.5, 0.6) is 0 Å². The maximum absolute atomic E-state index is 13.6. The number of methoxy groups -OCH3 is 2. The summed E-state index contributed by atoms with van der Waals surface area (Å²) in [5.41, 5.74) is 6.87. The summed E-state index contributed by atoms with van der Waals surface area (Å²) in [7, 11) is 2.49. The van der Waals surface area contributed by atoms with Crippen LogP contribution in [0.1, 0.15) is 58.9 Å². The summed E-state index contributed by atoms with van der Waals surface area (Å²) >= 11 is 0. The lowest BCUT2D eigenvalue weighted by molar-refractivity contribution is -0.139. The Balaban J connectivity index is 1.18. The predicted molar refractivity (Wildman–Crippen MR) is 236 cm³/mol. The van der Waals surface area contributed by atoms with Crippen LogP contribution in [0, 0.1) is 18.8 Å². The summed E-state index contributed by atoms with van der Waals surface area (Å²) in [6.07, 6.45) is 0.953. The van der Waals surface area contributed by atoms with Crippen LogP contribution >= 0.6 is 0 Å². The number of aryl methyl sites for hydroxylation is 1. The fraction of sp³-hybridized carbons (Fsp3) is 0.404. The predicted octanol–water partition coefficient (Wildman–Crippen LogP) is 6.74. The fourth-order valence-corrected chi connectivity index (χ4v) is 8.12. The van der Waals surface area contributed by atoms with Crippen LogP contribution in [0.15, 0.2) is 84.9 Å². The molecule has 0 unspecified atom stereocenters. The number of nitrogens with zero attached hydrogens (tertiary/aromatic N) is 3. The molecule has 6 amide bonds. The number of rotatable bonds is 13. The van der Waals surface area contributed by atoms with Gasteiger partial charge in [0.05, 0.1) is 25.6 Å². The van der Waals surface area contributed by atoms with E-state index in [-0.39, 0.29) is 35.5 Å². The zero-order valence-electron chi connectivity index (χ0n) is 36.4. The number of carbonyl (C=O) groups excluding carboxylic acids is 6. The molecule has 3 aromatic carbocycles. The molecular weight excluding hydrogens is 791 g/mol. The van der Waals surface area contributed by atoms with Gasteiger partial charge in [-0.2, -0.15) is 0 Å². The average molecular weight is 848 g/mol. The van der Waals surface area contributed by atoms with Crippen molar-refractivity contribution < 1.29 is 38.2 Å². The molecule has 4 N–H and O–H groups in total.